The van der Waals surface area contributed by atoms with E-state index in [1.54, 1.807) is 14.2 Å². The Morgan fingerprint density at radius 2 is 1.33 bits per heavy atom. The average Bonchev–Trinajstić information content (AvgIpc) is 2.27. The molecule has 0 aliphatic rings. The van der Waals surface area contributed by atoms with Crippen LogP contribution in [-0.4, -0.2) is 29.3 Å². The van der Waals surface area contributed by atoms with Gasteiger partial charge in [0.25, 0.3) is 0 Å². The summed E-state index contributed by atoms with van der Waals surface area (Å²) in [5.41, 5.74) is 5.44. The van der Waals surface area contributed by atoms with Gasteiger partial charge >= 0.3 is 8.56 Å². The highest BCUT2D eigenvalue weighted by Crippen LogP contribution is 2.17. The molecular weight excluding hydrogens is 206 g/mol. The molecule has 0 aromatic rings. The lowest BCUT2D eigenvalue weighted by molar-refractivity contribution is 0.248. The summed E-state index contributed by atoms with van der Waals surface area (Å²) in [5.74, 6) is 0. The summed E-state index contributed by atoms with van der Waals surface area (Å²) in [6.07, 6.45) is 7.60. The molecule has 15 heavy (non-hydrogen) atoms. The van der Waals surface area contributed by atoms with Crippen LogP contribution in [0.1, 0.15) is 38.5 Å². The molecule has 0 radical (unpaired) electrons. The Labute approximate surface area is 95.6 Å². The molecule has 0 saturated carbocycles. The van der Waals surface area contributed by atoms with Gasteiger partial charge in [0.1, 0.15) is 0 Å². The maximum Gasteiger partial charge on any atom is 0.334 e. The Bertz CT molecular complexity index is 141. The normalized spacial score (nSPS) is 12.0. The molecule has 0 fully saturated rings. The molecule has 92 valence electrons. The molecule has 0 amide bonds. The van der Waals surface area contributed by atoms with E-state index >= 15 is 0 Å². The predicted octanol–water partition coefficient (Wildman–Crippen LogP) is 2.65. The van der Waals surface area contributed by atoms with E-state index in [9.17, 15) is 0 Å². The molecule has 0 aliphatic carbocycles. The molecule has 0 heterocycles. The van der Waals surface area contributed by atoms with E-state index in [0.717, 1.165) is 12.6 Å². The first-order valence-electron chi connectivity index (χ1n) is 5.99. The van der Waals surface area contributed by atoms with Crippen LogP contribution in [0, 0.1) is 0 Å². The SMILES string of the molecule is CO[Si](C)(CCCCCCCCN)OC. The van der Waals surface area contributed by atoms with Crippen LogP contribution < -0.4 is 5.73 Å². The highest BCUT2D eigenvalue weighted by atomic mass is 28.4. The second-order valence-electron chi connectivity index (χ2n) is 4.20. The highest BCUT2D eigenvalue weighted by molar-refractivity contribution is 6.65. The number of hydrogen-bond acceptors (Lipinski definition) is 3. The molecule has 0 saturated heterocycles. The van der Waals surface area contributed by atoms with Crippen molar-refractivity contribution >= 4 is 8.56 Å². The topological polar surface area (TPSA) is 44.5 Å². The van der Waals surface area contributed by atoms with Gasteiger partial charge in [0.05, 0.1) is 0 Å². The molecule has 0 unspecified atom stereocenters. The summed E-state index contributed by atoms with van der Waals surface area (Å²) in [4.78, 5) is 0. The molecule has 0 aromatic heterocycles. The van der Waals surface area contributed by atoms with Crippen LogP contribution in [0.5, 0.6) is 0 Å². The fourth-order valence-corrected chi connectivity index (χ4v) is 3.05. The highest BCUT2D eigenvalue weighted by Gasteiger charge is 2.27. The molecule has 0 spiro atoms. The van der Waals surface area contributed by atoms with Crippen molar-refractivity contribution in [1.29, 1.82) is 0 Å². The minimum absolute atomic E-state index is 0.832. The van der Waals surface area contributed by atoms with Crippen molar-refractivity contribution in [2.24, 2.45) is 5.73 Å². The van der Waals surface area contributed by atoms with Crippen molar-refractivity contribution < 1.29 is 8.85 Å². The lowest BCUT2D eigenvalue weighted by atomic mass is 10.1. The third kappa shape index (κ3) is 7.96. The third-order valence-corrected chi connectivity index (χ3v) is 5.94. The van der Waals surface area contributed by atoms with Crippen LogP contribution in [0.3, 0.4) is 0 Å². The van der Waals surface area contributed by atoms with Gasteiger partial charge in [0, 0.05) is 14.2 Å². The van der Waals surface area contributed by atoms with Gasteiger partial charge in [0.15, 0.2) is 0 Å². The molecule has 0 bridgehead atoms. The molecule has 0 aliphatic heterocycles. The zero-order valence-electron chi connectivity index (χ0n) is 10.6. The Balaban J connectivity index is 3.29. The van der Waals surface area contributed by atoms with Gasteiger partial charge in [-0.2, -0.15) is 0 Å². The lowest BCUT2D eigenvalue weighted by Crippen LogP contribution is -2.35. The zero-order chi connectivity index (χ0) is 11.6. The number of hydrogen-bond donors (Lipinski definition) is 1. The lowest BCUT2D eigenvalue weighted by Gasteiger charge is -2.22. The number of rotatable bonds is 10. The van der Waals surface area contributed by atoms with Crippen molar-refractivity contribution in [3.63, 3.8) is 0 Å². The van der Waals surface area contributed by atoms with Crippen LogP contribution in [0.4, 0.5) is 0 Å². The Morgan fingerprint density at radius 3 is 1.80 bits per heavy atom. The third-order valence-electron chi connectivity index (χ3n) is 2.95. The first kappa shape index (κ1) is 15.1. The van der Waals surface area contributed by atoms with Gasteiger partial charge in [0.2, 0.25) is 0 Å². The van der Waals surface area contributed by atoms with Crippen molar-refractivity contribution in [3.8, 4) is 0 Å². The summed E-state index contributed by atoms with van der Waals surface area (Å²) in [6, 6.07) is 1.11. The fraction of sp³-hybridized carbons (Fsp3) is 1.00. The standard InChI is InChI=1S/C11H27NO2Si/c1-13-15(3,14-2)11-9-7-5-4-6-8-10-12/h4-12H2,1-3H3. The first-order chi connectivity index (χ1) is 7.18. The Morgan fingerprint density at radius 1 is 0.867 bits per heavy atom. The predicted molar refractivity (Wildman–Crippen MR) is 67.2 cm³/mol. The molecule has 4 heteroatoms. The smallest absolute Gasteiger partial charge is 0.334 e. The number of nitrogens with two attached hydrogens (primary N) is 1. The van der Waals surface area contributed by atoms with Crippen molar-refractivity contribution in [2.45, 2.75) is 51.1 Å². The van der Waals surface area contributed by atoms with Crippen molar-refractivity contribution in [3.05, 3.63) is 0 Å². The summed E-state index contributed by atoms with van der Waals surface area (Å²) < 4.78 is 10.9. The maximum atomic E-state index is 5.44. The van der Waals surface area contributed by atoms with E-state index in [1.165, 1.54) is 38.5 Å². The van der Waals surface area contributed by atoms with Gasteiger partial charge in [-0.1, -0.05) is 32.1 Å². The van der Waals surface area contributed by atoms with E-state index in [2.05, 4.69) is 6.55 Å². The van der Waals surface area contributed by atoms with Gasteiger partial charge in [-0.05, 0) is 25.6 Å². The van der Waals surface area contributed by atoms with E-state index in [1.807, 2.05) is 0 Å². The molecular formula is C11H27NO2Si. The van der Waals surface area contributed by atoms with E-state index in [0.29, 0.717) is 0 Å². The largest absolute Gasteiger partial charge is 0.398 e. The van der Waals surface area contributed by atoms with Crippen molar-refractivity contribution in [1.82, 2.24) is 0 Å². The van der Waals surface area contributed by atoms with Crippen LogP contribution in [0.2, 0.25) is 12.6 Å². The minimum Gasteiger partial charge on any atom is -0.398 e. The quantitative estimate of drug-likeness (QED) is 0.466. The zero-order valence-corrected chi connectivity index (χ0v) is 11.6. The molecule has 3 nitrogen and oxygen atoms in total. The molecule has 0 atom stereocenters. The first-order valence-corrected chi connectivity index (χ1v) is 8.51. The summed E-state index contributed by atoms with van der Waals surface area (Å²) in [5, 5.41) is 0. The van der Waals surface area contributed by atoms with Crippen molar-refractivity contribution in [2.75, 3.05) is 20.8 Å². The van der Waals surface area contributed by atoms with Gasteiger partial charge in [-0.15, -0.1) is 0 Å². The second-order valence-corrected chi connectivity index (χ2v) is 7.79. The second kappa shape index (κ2) is 9.33. The summed E-state index contributed by atoms with van der Waals surface area (Å²) in [7, 11) is 1.73. The van der Waals surface area contributed by atoms with Crippen LogP contribution >= 0.6 is 0 Å². The molecule has 0 rings (SSSR count). The van der Waals surface area contributed by atoms with Crippen LogP contribution in [0.15, 0.2) is 0 Å². The fourth-order valence-electron chi connectivity index (χ4n) is 1.59. The van der Waals surface area contributed by atoms with E-state index < -0.39 is 8.56 Å². The van der Waals surface area contributed by atoms with Gasteiger partial charge < -0.3 is 14.6 Å². The Kier molecular flexibility index (Phi) is 9.39. The monoisotopic (exact) mass is 233 g/mol. The van der Waals surface area contributed by atoms with Crippen LogP contribution in [0.25, 0.3) is 0 Å². The number of unbranched alkanes of at least 4 members (excludes halogenated alkanes) is 5. The average molecular weight is 233 g/mol. The Hall–Kier alpha value is 0.0969. The summed E-state index contributed by atoms with van der Waals surface area (Å²) in [6.45, 7) is 2.96. The van der Waals surface area contributed by atoms with Crippen LogP contribution in [-0.2, 0) is 8.85 Å². The minimum atomic E-state index is -1.79. The maximum absolute atomic E-state index is 5.44. The van der Waals surface area contributed by atoms with Gasteiger partial charge in [-0.3, -0.25) is 0 Å². The van der Waals surface area contributed by atoms with E-state index in [-0.39, 0.29) is 0 Å². The van der Waals surface area contributed by atoms with E-state index in [4.69, 9.17) is 14.6 Å². The molecule has 2 N–H and O–H groups in total. The molecule has 0 aromatic carbocycles. The van der Waals surface area contributed by atoms with Gasteiger partial charge in [-0.25, -0.2) is 0 Å². The summed E-state index contributed by atoms with van der Waals surface area (Å²) >= 11 is 0.